The number of anilines is 3. The zero-order valence-corrected chi connectivity index (χ0v) is 29.8. The van der Waals surface area contributed by atoms with Gasteiger partial charge in [-0.3, -0.25) is 9.59 Å². The van der Waals surface area contributed by atoms with Gasteiger partial charge in [0.25, 0.3) is 11.8 Å². The molecule has 0 atom stereocenters. The van der Waals surface area contributed by atoms with E-state index in [9.17, 15) is 9.59 Å². The smallest absolute Gasteiger partial charge is 0.262 e. The quantitative estimate of drug-likeness (QED) is 0.113. The summed E-state index contributed by atoms with van der Waals surface area (Å²) in [6.45, 7) is 7.89. The zero-order valence-electron chi connectivity index (χ0n) is 29.8. The third-order valence-corrected chi connectivity index (χ3v) is 9.47. The number of piperidine rings is 1. The van der Waals surface area contributed by atoms with Crippen molar-refractivity contribution in [1.29, 1.82) is 0 Å². The first kappa shape index (κ1) is 35.7. The van der Waals surface area contributed by atoms with Crippen LogP contribution in [0.1, 0.15) is 83.2 Å². The lowest BCUT2D eigenvalue weighted by Crippen LogP contribution is -2.32. The van der Waals surface area contributed by atoms with Crippen LogP contribution in [-0.4, -0.2) is 66.1 Å². The molecule has 1 saturated heterocycles. The van der Waals surface area contributed by atoms with E-state index < -0.39 is 5.91 Å². The monoisotopic (exact) mass is 692 g/mol. The fraction of sp³-hybridized carbons (Fsp3) is 0.400. The predicted molar refractivity (Wildman–Crippen MR) is 199 cm³/mol. The molecule has 0 bridgehead atoms. The van der Waals surface area contributed by atoms with Gasteiger partial charge < -0.3 is 35.1 Å². The van der Waals surface area contributed by atoms with Crippen LogP contribution in [-0.2, 0) is 0 Å². The summed E-state index contributed by atoms with van der Waals surface area (Å²) < 4.78 is 18.0. The lowest BCUT2D eigenvalue weighted by molar-refractivity contribution is 0.0936. The summed E-state index contributed by atoms with van der Waals surface area (Å²) in [4.78, 5) is 38.4. The van der Waals surface area contributed by atoms with Crippen LogP contribution in [0.5, 0.6) is 23.1 Å². The summed E-state index contributed by atoms with van der Waals surface area (Å²) in [7, 11) is 1.51. The minimum atomic E-state index is -0.430. The standard InChI is InChI=1S/C40H48N6O5/c1-27-12-9-13-28(2)36(27)44-38(48)33-26-41-40(43-31-16-10-17-32(25-31)50-23-11-22-46-20-7-4-8-21-46)45-39(33)51-34-19-18-29(24-35(34)49-3)37(47)42-30-14-5-6-15-30/h9-10,12-13,16-19,24-26,30H,4-8,11,14-15,20-23H2,1-3H3,(H,42,47)(H,44,48)(H,41,43,45). The summed E-state index contributed by atoms with van der Waals surface area (Å²) in [5.41, 5.74) is 3.85. The van der Waals surface area contributed by atoms with Gasteiger partial charge in [-0.1, -0.05) is 43.5 Å². The van der Waals surface area contributed by atoms with E-state index in [0.717, 1.165) is 61.2 Å². The van der Waals surface area contributed by atoms with Crippen LogP contribution in [0, 0.1) is 13.8 Å². The van der Waals surface area contributed by atoms with Crippen molar-refractivity contribution >= 4 is 29.1 Å². The number of rotatable bonds is 14. The predicted octanol–water partition coefficient (Wildman–Crippen LogP) is 7.82. The van der Waals surface area contributed by atoms with Crippen LogP contribution < -0.4 is 30.2 Å². The van der Waals surface area contributed by atoms with Crippen molar-refractivity contribution in [3.8, 4) is 23.1 Å². The second-order valence-electron chi connectivity index (χ2n) is 13.3. The lowest BCUT2D eigenvalue weighted by Gasteiger charge is -2.26. The summed E-state index contributed by atoms with van der Waals surface area (Å²) >= 11 is 0. The fourth-order valence-electron chi connectivity index (χ4n) is 6.64. The fourth-order valence-corrected chi connectivity index (χ4v) is 6.64. The largest absolute Gasteiger partial charge is 0.493 e. The van der Waals surface area contributed by atoms with Gasteiger partial charge in [0.2, 0.25) is 11.8 Å². The highest BCUT2D eigenvalue weighted by Gasteiger charge is 2.22. The summed E-state index contributed by atoms with van der Waals surface area (Å²) in [5.74, 6) is 1.00. The molecule has 11 heteroatoms. The number of carbonyl (C=O) groups excluding carboxylic acids is 2. The maximum Gasteiger partial charge on any atom is 0.262 e. The van der Waals surface area contributed by atoms with Crippen LogP contribution in [0.4, 0.5) is 17.3 Å². The number of hydrogen-bond acceptors (Lipinski definition) is 9. The van der Waals surface area contributed by atoms with Crippen molar-refractivity contribution in [1.82, 2.24) is 20.2 Å². The molecule has 3 aromatic carbocycles. The van der Waals surface area contributed by atoms with Gasteiger partial charge in [0.1, 0.15) is 11.3 Å². The van der Waals surface area contributed by atoms with E-state index in [1.54, 1.807) is 18.2 Å². The molecule has 0 unspecified atom stereocenters. The first-order chi connectivity index (χ1) is 24.9. The molecule has 2 aliphatic rings. The number of ether oxygens (including phenoxy) is 3. The van der Waals surface area contributed by atoms with Gasteiger partial charge in [-0.25, -0.2) is 4.98 Å². The van der Waals surface area contributed by atoms with Crippen LogP contribution in [0.2, 0.25) is 0 Å². The second-order valence-corrected chi connectivity index (χ2v) is 13.3. The minimum Gasteiger partial charge on any atom is -0.493 e. The van der Waals surface area contributed by atoms with Crippen molar-refractivity contribution in [2.75, 3.05) is 44.0 Å². The molecule has 11 nitrogen and oxygen atoms in total. The average molecular weight is 693 g/mol. The molecule has 3 N–H and O–H groups in total. The number of aromatic nitrogens is 2. The Morgan fingerprint density at radius 3 is 2.41 bits per heavy atom. The molecule has 0 radical (unpaired) electrons. The Morgan fingerprint density at radius 1 is 0.882 bits per heavy atom. The zero-order chi connectivity index (χ0) is 35.6. The highest BCUT2D eigenvalue weighted by atomic mass is 16.5. The molecule has 268 valence electrons. The lowest BCUT2D eigenvalue weighted by atomic mass is 10.1. The third-order valence-electron chi connectivity index (χ3n) is 9.47. The van der Waals surface area contributed by atoms with E-state index in [1.807, 2.05) is 56.3 Å². The number of carbonyl (C=O) groups is 2. The highest BCUT2D eigenvalue weighted by Crippen LogP contribution is 2.34. The van der Waals surface area contributed by atoms with Gasteiger partial charge in [-0.05, 0) is 100 Å². The number of aryl methyl sites for hydroxylation is 2. The van der Waals surface area contributed by atoms with Gasteiger partial charge in [-0.15, -0.1) is 0 Å². The molecular weight excluding hydrogens is 644 g/mol. The van der Waals surface area contributed by atoms with Crippen molar-refractivity contribution < 1.29 is 23.8 Å². The number of hydrogen-bond donors (Lipinski definition) is 3. The number of methoxy groups -OCH3 is 1. The van der Waals surface area contributed by atoms with Crippen LogP contribution in [0.3, 0.4) is 0 Å². The highest BCUT2D eigenvalue weighted by molar-refractivity contribution is 6.06. The number of nitrogens with one attached hydrogen (secondary N) is 3. The Morgan fingerprint density at radius 2 is 1.65 bits per heavy atom. The summed E-state index contributed by atoms with van der Waals surface area (Å²) in [6, 6.07) is 18.6. The van der Waals surface area contributed by atoms with Crippen molar-refractivity contribution in [2.24, 2.45) is 0 Å². The molecule has 0 spiro atoms. The second kappa shape index (κ2) is 17.2. The number of likely N-dealkylation sites (tertiary alicyclic amines) is 1. The summed E-state index contributed by atoms with van der Waals surface area (Å²) in [5, 5.41) is 9.34. The molecule has 1 aliphatic carbocycles. The maximum absolute atomic E-state index is 13.7. The first-order valence-electron chi connectivity index (χ1n) is 18.0. The number of amides is 2. The molecule has 6 rings (SSSR count). The first-order valence-corrected chi connectivity index (χ1v) is 18.0. The van der Waals surface area contributed by atoms with Gasteiger partial charge in [0.05, 0.1) is 13.7 Å². The molecule has 51 heavy (non-hydrogen) atoms. The van der Waals surface area contributed by atoms with Crippen molar-refractivity contribution in [3.05, 3.63) is 89.1 Å². The Kier molecular flexibility index (Phi) is 12.0. The topological polar surface area (TPSA) is 127 Å². The molecule has 1 aliphatic heterocycles. The molecule has 2 fully saturated rings. The Labute approximate surface area is 300 Å². The number of benzene rings is 3. The van der Waals surface area contributed by atoms with E-state index in [-0.39, 0.29) is 29.3 Å². The van der Waals surface area contributed by atoms with Gasteiger partial charge in [-0.2, -0.15) is 4.98 Å². The maximum atomic E-state index is 13.7. The third kappa shape index (κ3) is 9.55. The van der Waals surface area contributed by atoms with E-state index in [2.05, 4.69) is 30.8 Å². The van der Waals surface area contributed by atoms with Crippen LogP contribution >= 0.6 is 0 Å². The molecular formula is C40H48N6O5. The van der Waals surface area contributed by atoms with E-state index >= 15 is 0 Å². The molecule has 1 aromatic heterocycles. The van der Waals surface area contributed by atoms with Gasteiger partial charge in [0, 0.05) is 41.8 Å². The Hall–Kier alpha value is -5.16. The molecule has 2 amide bonds. The van der Waals surface area contributed by atoms with E-state index in [0.29, 0.717) is 29.4 Å². The average Bonchev–Trinajstić information content (AvgIpc) is 3.65. The number of para-hydroxylation sites is 1. The van der Waals surface area contributed by atoms with E-state index in [1.165, 1.54) is 45.7 Å². The van der Waals surface area contributed by atoms with Crippen molar-refractivity contribution in [3.63, 3.8) is 0 Å². The molecule has 2 heterocycles. The van der Waals surface area contributed by atoms with Crippen LogP contribution in [0.15, 0.2) is 66.9 Å². The minimum absolute atomic E-state index is 0.0165. The Bertz CT molecular complexity index is 1800. The normalized spacial score (nSPS) is 14.9. The van der Waals surface area contributed by atoms with E-state index in [4.69, 9.17) is 14.2 Å². The molecule has 4 aromatic rings. The molecule has 1 saturated carbocycles. The summed E-state index contributed by atoms with van der Waals surface area (Å²) in [6.07, 6.45) is 10.5. The van der Waals surface area contributed by atoms with Crippen LogP contribution in [0.25, 0.3) is 0 Å². The van der Waals surface area contributed by atoms with Gasteiger partial charge >= 0.3 is 0 Å². The van der Waals surface area contributed by atoms with Crippen molar-refractivity contribution in [2.45, 2.75) is 71.3 Å². The number of nitrogens with zero attached hydrogens (tertiary/aromatic N) is 3. The SMILES string of the molecule is COc1cc(C(=O)NC2CCCC2)ccc1Oc1nc(Nc2cccc(OCCCN3CCCCC3)c2)ncc1C(=O)Nc1c(C)cccc1C. The van der Waals surface area contributed by atoms with Gasteiger partial charge in [0.15, 0.2) is 11.5 Å². The Balaban J connectivity index is 1.21.